The summed E-state index contributed by atoms with van der Waals surface area (Å²) in [4.78, 5) is 0.196. The van der Waals surface area contributed by atoms with Crippen molar-refractivity contribution in [1.82, 2.24) is 4.37 Å². The van der Waals surface area contributed by atoms with Gasteiger partial charge in [0.2, 0.25) is 0 Å². The van der Waals surface area contributed by atoms with Crippen molar-refractivity contribution < 1.29 is 13.2 Å². The Kier molecular flexibility index (Phi) is 4.06. The van der Waals surface area contributed by atoms with Crippen LogP contribution in [0.25, 0.3) is 0 Å². The van der Waals surface area contributed by atoms with E-state index in [2.05, 4.69) is 9.10 Å². The van der Waals surface area contributed by atoms with Crippen LogP contribution in [0, 0.1) is 6.92 Å². The van der Waals surface area contributed by atoms with E-state index < -0.39 is 10.0 Å². The van der Waals surface area contributed by atoms with Gasteiger partial charge in [0.15, 0.2) is 5.82 Å². The summed E-state index contributed by atoms with van der Waals surface area (Å²) in [6.07, 6.45) is 0. The highest BCUT2D eigenvalue weighted by Crippen LogP contribution is 2.23. The van der Waals surface area contributed by atoms with Crippen molar-refractivity contribution in [2.75, 3.05) is 11.3 Å². The zero-order valence-electron chi connectivity index (χ0n) is 10.6. The number of aryl methyl sites for hydroxylation is 1. The molecule has 0 amide bonds. The first-order chi connectivity index (χ1) is 9.03. The largest absolute Gasteiger partial charge is 0.494 e. The van der Waals surface area contributed by atoms with Gasteiger partial charge in [0.1, 0.15) is 5.75 Å². The predicted octanol–water partition coefficient (Wildman–Crippen LogP) is 2.65. The third-order valence-corrected chi connectivity index (χ3v) is 4.35. The third-order valence-electron chi connectivity index (χ3n) is 2.43. The molecule has 2 rings (SSSR count). The van der Waals surface area contributed by atoms with Gasteiger partial charge in [-0.2, -0.15) is 4.37 Å². The highest BCUT2D eigenvalue weighted by Gasteiger charge is 2.16. The van der Waals surface area contributed by atoms with E-state index in [-0.39, 0.29) is 4.90 Å². The summed E-state index contributed by atoms with van der Waals surface area (Å²) in [5.41, 5.74) is 0.781. The first-order valence-electron chi connectivity index (χ1n) is 5.69. The summed E-state index contributed by atoms with van der Waals surface area (Å²) in [7, 11) is -3.60. The maximum absolute atomic E-state index is 12.1. The Bertz CT molecular complexity index is 652. The van der Waals surface area contributed by atoms with E-state index in [0.29, 0.717) is 18.2 Å². The van der Waals surface area contributed by atoms with Gasteiger partial charge in [0, 0.05) is 5.38 Å². The second kappa shape index (κ2) is 5.58. The van der Waals surface area contributed by atoms with Crippen LogP contribution in [-0.4, -0.2) is 19.4 Å². The molecule has 5 nitrogen and oxygen atoms in total. The fourth-order valence-corrected chi connectivity index (χ4v) is 3.18. The Labute approximate surface area is 116 Å². The van der Waals surface area contributed by atoms with Gasteiger partial charge in [0.05, 0.1) is 11.5 Å². The fraction of sp³-hybridized carbons (Fsp3) is 0.250. The Morgan fingerprint density at radius 3 is 2.74 bits per heavy atom. The second-order valence-corrected chi connectivity index (χ2v) is 6.20. The quantitative estimate of drug-likeness (QED) is 0.921. The summed E-state index contributed by atoms with van der Waals surface area (Å²) >= 11 is 1.19. The van der Waals surface area contributed by atoms with Crippen LogP contribution in [0.4, 0.5) is 5.82 Å². The molecule has 0 aliphatic heterocycles. The highest BCUT2D eigenvalue weighted by atomic mass is 32.2. The first kappa shape index (κ1) is 13.8. The maximum atomic E-state index is 12.1. The molecule has 0 saturated heterocycles. The summed E-state index contributed by atoms with van der Waals surface area (Å²) in [6.45, 7) is 4.24. The summed E-state index contributed by atoms with van der Waals surface area (Å²) in [5, 5.41) is 1.71. The minimum atomic E-state index is -3.60. The van der Waals surface area contributed by atoms with Crippen molar-refractivity contribution in [3.8, 4) is 5.75 Å². The van der Waals surface area contributed by atoms with E-state index >= 15 is 0 Å². The van der Waals surface area contributed by atoms with Crippen molar-refractivity contribution in [3.05, 3.63) is 35.2 Å². The van der Waals surface area contributed by atoms with Gasteiger partial charge in [-0.15, -0.1) is 0 Å². The molecule has 0 fully saturated rings. The number of sulfonamides is 1. The summed E-state index contributed by atoms with van der Waals surface area (Å²) < 4.78 is 36.0. The number of nitrogens with zero attached hydrogens (tertiary/aromatic N) is 1. The standard InChI is InChI=1S/C12H14N2O3S2/c1-3-17-11-5-4-10(8-9(11)2)19(15,16)14-12-6-7-18-13-12/h4-8H,3H2,1-2H3,(H,13,14). The van der Waals surface area contributed by atoms with Gasteiger partial charge in [-0.05, 0) is 55.2 Å². The lowest BCUT2D eigenvalue weighted by atomic mass is 10.2. The van der Waals surface area contributed by atoms with Gasteiger partial charge < -0.3 is 4.74 Å². The molecule has 102 valence electrons. The summed E-state index contributed by atoms with van der Waals surface area (Å²) in [5.74, 6) is 1.02. The Hall–Kier alpha value is -1.60. The molecular weight excluding hydrogens is 284 g/mol. The van der Waals surface area contributed by atoms with E-state index in [0.717, 1.165) is 5.56 Å². The molecular formula is C12H14N2O3S2. The van der Waals surface area contributed by atoms with Crippen LogP contribution in [0.1, 0.15) is 12.5 Å². The number of hydrogen-bond donors (Lipinski definition) is 1. The van der Waals surface area contributed by atoms with Crippen LogP contribution in [-0.2, 0) is 10.0 Å². The van der Waals surface area contributed by atoms with Crippen LogP contribution < -0.4 is 9.46 Å². The van der Waals surface area contributed by atoms with Crippen molar-refractivity contribution in [1.29, 1.82) is 0 Å². The number of aromatic nitrogens is 1. The molecule has 0 aliphatic rings. The Balaban J connectivity index is 2.28. The van der Waals surface area contributed by atoms with Gasteiger partial charge in [-0.3, -0.25) is 4.72 Å². The molecule has 0 atom stereocenters. The molecule has 0 spiro atoms. The molecule has 1 aromatic carbocycles. The monoisotopic (exact) mass is 298 g/mol. The molecule has 0 unspecified atom stereocenters. The molecule has 7 heteroatoms. The van der Waals surface area contributed by atoms with Gasteiger partial charge >= 0.3 is 0 Å². The highest BCUT2D eigenvalue weighted by molar-refractivity contribution is 7.92. The molecule has 1 aromatic heterocycles. The van der Waals surface area contributed by atoms with Crippen LogP contribution in [0.15, 0.2) is 34.5 Å². The zero-order valence-corrected chi connectivity index (χ0v) is 12.2. The van der Waals surface area contributed by atoms with Crippen molar-refractivity contribution in [3.63, 3.8) is 0 Å². The van der Waals surface area contributed by atoms with Crippen molar-refractivity contribution in [2.45, 2.75) is 18.7 Å². The molecule has 19 heavy (non-hydrogen) atoms. The van der Waals surface area contributed by atoms with Crippen molar-refractivity contribution >= 4 is 27.4 Å². The average molecular weight is 298 g/mol. The van der Waals surface area contributed by atoms with E-state index in [1.54, 1.807) is 23.6 Å². The fourth-order valence-electron chi connectivity index (χ4n) is 1.57. The minimum Gasteiger partial charge on any atom is -0.494 e. The van der Waals surface area contributed by atoms with Crippen molar-refractivity contribution in [2.24, 2.45) is 0 Å². The molecule has 1 heterocycles. The lowest BCUT2D eigenvalue weighted by Gasteiger charge is -2.10. The molecule has 0 aliphatic carbocycles. The Morgan fingerprint density at radius 1 is 1.37 bits per heavy atom. The average Bonchev–Trinajstić information content (AvgIpc) is 2.84. The van der Waals surface area contributed by atoms with E-state index in [4.69, 9.17) is 4.74 Å². The van der Waals surface area contributed by atoms with Gasteiger partial charge in [0.25, 0.3) is 10.0 Å². The smallest absolute Gasteiger partial charge is 0.263 e. The van der Waals surface area contributed by atoms with Crippen LogP contribution in [0.5, 0.6) is 5.75 Å². The topological polar surface area (TPSA) is 68.3 Å². The normalized spacial score (nSPS) is 11.3. The molecule has 0 saturated carbocycles. The molecule has 0 bridgehead atoms. The third kappa shape index (κ3) is 3.24. The van der Waals surface area contributed by atoms with Crippen LogP contribution in [0.2, 0.25) is 0 Å². The van der Waals surface area contributed by atoms with Gasteiger partial charge in [-0.25, -0.2) is 8.42 Å². The number of nitrogens with one attached hydrogen (secondary N) is 1. The van der Waals surface area contributed by atoms with Crippen LogP contribution in [0.3, 0.4) is 0 Å². The van der Waals surface area contributed by atoms with E-state index in [1.165, 1.54) is 17.6 Å². The van der Waals surface area contributed by atoms with E-state index in [1.807, 2.05) is 13.8 Å². The predicted molar refractivity (Wildman–Crippen MR) is 75.3 cm³/mol. The second-order valence-electron chi connectivity index (χ2n) is 3.85. The number of anilines is 1. The first-order valence-corrected chi connectivity index (χ1v) is 8.01. The summed E-state index contributed by atoms with van der Waals surface area (Å²) in [6, 6.07) is 6.38. The zero-order chi connectivity index (χ0) is 13.9. The molecule has 2 aromatic rings. The SMILES string of the molecule is CCOc1ccc(S(=O)(=O)Nc2ccsn2)cc1C. The number of ether oxygens (including phenoxy) is 1. The van der Waals surface area contributed by atoms with Crippen LogP contribution >= 0.6 is 11.5 Å². The van der Waals surface area contributed by atoms with E-state index in [9.17, 15) is 8.42 Å². The lowest BCUT2D eigenvalue weighted by molar-refractivity contribution is 0.337. The number of hydrogen-bond acceptors (Lipinski definition) is 5. The molecule has 0 radical (unpaired) electrons. The lowest BCUT2D eigenvalue weighted by Crippen LogP contribution is -2.13. The number of rotatable bonds is 5. The molecule has 1 N–H and O–H groups in total. The maximum Gasteiger partial charge on any atom is 0.263 e. The Morgan fingerprint density at radius 2 is 2.16 bits per heavy atom. The minimum absolute atomic E-state index is 0.196. The van der Waals surface area contributed by atoms with Gasteiger partial charge in [-0.1, -0.05) is 0 Å². The number of benzene rings is 1.